The zero-order chi connectivity index (χ0) is 11.3. The molecular formula is C13H20ClN. The first-order chi connectivity index (χ1) is 7.09. The van der Waals surface area contributed by atoms with Crippen molar-refractivity contribution in [1.82, 2.24) is 5.32 Å². The van der Waals surface area contributed by atoms with Crippen LogP contribution in [0.4, 0.5) is 0 Å². The Morgan fingerprint density at radius 2 is 2.07 bits per heavy atom. The summed E-state index contributed by atoms with van der Waals surface area (Å²) in [5, 5.41) is 3.68. The van der Waals surface area contributed by atoms with Gasteiger partial charge in [0, 0.05) is 11.9 Å². The average molecular weight is 226 g/mol. The molecule has 0 saturated carbocycles. The molecule has 1 N–H and O–H groups in total. The molecule has 0 aliphatic heterocycles. The van der Waals surface area contributed by atoms with Gasteiger partial charge in [-0.1, -0.05) is 23.8 Å². The Hall–Kier alpha value is -0.530. The van der Waals surface area contributed by atoms with Crippen LogP contribution in [-0.4, -0.2) is 11.9 Å². The van der Waals surface area contributed by atoms with E-state index >= 15 is 0 Å². The van der Waals surface area contributed by atoms with Crippen molar-refractivity contribution in [1.29, 1.82) is 0 Å². The monoisotopic (exact) mass is 225 g/mol. The molecule has 0 spiro atoms. The lowest BCUT2D eigenvalue weighted by Crippen LogP contribution is -2.17. The van der Waals surface area contributed by atoms with Crippen LogP contribution in [0.3, 0.4) is 0 Å². The van der Waals surface area contributed by atoms with Crippen LogP contribution in [0.2, 0.25) is 0 Å². The van der Waals surface area contributed by atoms with E-state index in [9.17, 15) is 0 Å². The highest BCUT2D eigenvalue weighted by molar-refractivity contribution is 6.20. The minimum absolute atomic E-state index is 0.260. The van der Waals surface area contributed by atoms with Crippen molar-refractivity contribution in [2.75, 3.05) is 6.54 Å². The lowest BCUT2D eigenvalue weighted by Gasteiger charge is -2.09. The second-order valence-electron chi connectivity index (χ2n) is 4.18. The van der Waals surface area contributed by atoms with E-state index in [0.29, 0.717) is 0 Å². The van der Waals surface area contributed by atoms with E-state index in [1.54, 1.807) is 0 Å². The Bertz CT molecular complexity index is 307. The van der Waals surface area contributed by atoms with Crippen LogP contribution in [0.15, 0.2) is 18.2 Å². The summed E-state index contributed by atoms with van der Waals surface area (Å²) in [4.78, 5) is 0. The molecule has 0 fully saturated rings. The molecule has 1 unspecified atom stereocenters. The van der Waals surface area contributed by atoms with Crippen molar-refractivity contribution < 1.29 is 0 Å². The molecule has 1 aromatic carbocycles. The van der Waals surface area contributed by atoms with E-state index in [0.717, 1.165) is 19.5 Å². The van der Waals surface area contributed by atoms with Gasteiger partial charge < -0.3 is 5.32 Å². The second kappa shape index (κ2) is 6.14. The van der Waals surface area contributed by atoms with Crippen molar-refractivity contribution in [3.63, 3.8) is 0 Å². The summed E-state index contributed by atoms with van der Waals surface area (Å²) in [5.74, 6) is 0. The lowest BCUT2D eigenvalue weighted by molar-refractivity contribution is 0.643. The van der Waals surface area contributed by atoms with Gasteiger partial charge >= 0.3 is 0 Å². The van der Waals surface area contributed by atoms with Gasteiger partial charge in [-0.05, 0) is 44.9 Å². The van der Waals surface area contributed by atoms with Crippen LogP contribution in [0.25, 0.3) is 0 Å². The van der Waals surface area contributed by atoms with E-state index < -0.39 is 0 Å². The third-order valence-electron chi connectivity index (χ3n) is 2.54. The van der Waals surface area contributed by atoms with Crippen molar-refractivity contribution in [2.24, 2.45) is 0 Å². The molecule has 0 aliphatic carbocycles. The standard InChI is InChI=1S/C13H20ClN/c1-10-4-5-11(2)13(8-10)9-15-7-6-12(3)14/h4-5,8,12,15H,6-7,9H2,1-3H3. The van der Waals surface area contributed by atoms with Crippen LogP contribution in [0.1, 0.15) is 30.0 Å². The zero-order valence-electron chi connectivity index (χ0n) is 9.81. The van der Waals surface area contributed by atoms with Gasteiger partial charge in [0.1, 0.15) is 0 Å². The Morgan fingerprint density at radius 1 is 1.33 bits per heavy atom. The fraction of sp³-hybridized carbons (Fsp3) is 0.538. The summed E-state index contributed by atoms with van der Waals surface area (Å²) < 4.78 is 0. The summed E-state index contributed by atoms with van der Waals surface area (Å²) in [6, 6.07) is 6.57. The molecule has 84 valence electrons. The predicted molar refractivity (Wildman–Crippen MR) is 67.6 cm³/mol. The normalized spacial score (nSPS) is 12.8. The number of alkyl halides is 1. The number of hydrogen-bond donors (Lipinski definition) is 1. The first kappa shape index (κ1) is 12.5. The highest BCUT2D eigenvalue weighted by Crippen LogP contribution is 2.10. The summed E-state index contributed by atoms with van der Waals surface area (Å²) in [5.41, 5.74) is 4.06. The smallest absolute Gasteiger partial charge is 0.0319 e. The van der Waals surface area contributed by atoms with Crippen LogP contribution < -0.4 is 5.32 Å². The predicted octanol–water partition coefficient (Wildman–Crippen LogP) is 3.41. The molecule has 0 aliphatic rings. The van der Waals surface area contributed by atoms with Gasteiger partial charge in [-0.25, -0.2) is 0 Å². The average Bonchev–Trinajstić information content (AvgIpc) is 2.17. The van der Waals surface area contributed by atoms with Crippen LogP contribution >= 0.6 is 11.6 Å². The molecule has 1 atom stereocenters. The van der Waals surface area contributed by atoms with Crippen LogP contribution in [0.5, 0.6) is 0 Å². The van der Waals surface area contributed by atoms with Crippen LogP contribution in [0, 0.1) is 13.8 Å². The van der Waals surface area contributed by atoms with E-state index in [-0.39, 0.29) is 5.38 Å². The van der Waals surface area contributed by atoms with Crippen molar-refractivity contribution >= 4 is 11.6 Å². The molecule has 0 bridgehead atoms. The Balaban J connectivity index is 2.40. The topological polar surface area (TPSA) is 12.0 Å². The number of hydrogen-bond acceptors (Lipinski definition) is 1. The van der Waals surface area contributed by atoms with E-state index in [2.05, 4.69) is 37.4 Å². The van der Waals surface area contributed by atoms with Crippen molar-refractivity contribution in [3.05, 3.63) is 34.9 Å². The fourth-order valence-corrected chi connectivity index (χ4v) is 1.62. The molecule has 0 saturated heterocycles. The Labute approximate surface area is 97.8 Å². The summed E-state index contributed by atoms with van der Waals surface area (Å²) >= 11 is 5.88. The SMILES string of the molecule is Cc1ccc(C)c(CNCCC(C)Cl)c1. The van der Waals surface area contributed by atoms with Crippen LogP contribution in [-0.2, 0) is 6.54 Å². The van der Waals surface area contributed by atoms with E-state index in [1.807, 2.05) is 6.92 Å². The molecule has 0 radical (unpaired) electrons. The molecular weight excluding hydrogens is 206 g/mol. The molecule has 0 aromatic heterocycles. The summed E-state index contributed by atoms with van der Waals surface area (Å²) in [6.45, 7) is 8.24. The Kier molecular flexibility index (Phi) is 5.13. The maximum absolute atomic E-state index is 5.88. The molecule has 0 amide bonds. The van der Waals surface area contributed by atoms with Gasteiger partial charge in [0.25, 0.3) is 0 Å². The largest absolute Gasteiger partial charge is 0.313 e. The van der Waals surface area contributed by atoms with Gasteiger partial charge in [0.15, 0.2) is 0 Å². The third-order valence-corrected chi connectivity index (χ3v) is 2.76. The van der Waals surface area contributed by atoms with Gasteiger partial charge in [-0.2, -0.15) is 0 Å². The highest BCUT2D eigenvalue weighted by Gasteiger charge is 1.99. The van der Waals surface area contributed by atoms with Gasteiger partial charge in [0.05, 0.1) is 0 Å². The lowest BCUT2D eigenvalue weighted by atomic mass is 10.1. The van der Waals surface area contributed by atoms with Gasteiger partial charge in [-0.3, -0.25) is 0 Å². The molecule has 2 heteroatoms. The first-order valence-electron chi connectivity index (χ1n) is 5.50. The van der Waals surface area contributed by atoms with Gasteiger partial charge in [0.2, 0.25) is 0 Å². The van der Waals surface area contributed by atoms with Crippen molar-refractivity contribution in [3.8, 4) is 0 Å². The van der Waals surface area contributed by atoms with E-state index in [4.69, 9.17) is 11.6 Å². The highest BCUT2D eigenvalue weighted by atomic mass is 35.5. The summed E-state index contributed by atoms with van der Waals surface area (Å²) in [7, 11) is 0. The number of rotatable bonds is 5. The quantitative estimate of drug-likeness (QED) is 0.598. The number of nitrogens with one attached hydrogen (secondary N) is 1. The molecule has 1 nitrogen and oxygen atoms in total. The molecule has 0 heterocycles. The van der Waals surface area contributed by atoms with Gasteiger partial charge in [-0.15, -0.1) is 11.6 Å². The maximum Gasteiger partial charge on any atom is 0.0319 e. The number of benzene rings is 1. The number of aryl methyl sites for hydroxylation is 2. The first-order valence-corrected chi connectivity index (χ1v) is 5.94. The Morgan fingerprint density at radius 3 is 2.73 bits per heavy atom. The fourth-order valence-electron chi connectivity index (χ4n) is 1.51. The summed E-state index contributed by atoms with van der Waals surface area (Å²) in [6.07, 6.45) is 1.02. The number of halogens is 1. The molecule has 15 heavy (non-hydrogen) atoms. The maximum atomic E-state index is 5.88. The minimum atomic E-state index is 0.260. The molecule has 1 rings (SSSR count). The van der Waals surface area contributed by atoms with Crippen molar-refractivity contribution in [2.45, 2.75) is 39.1 Å². The zero-order valence-corrected chi connectivity index (χ0v) is 10.6. The minimum Gasteiger partial charge on any atom is -0.313 e. The molecule has 1 aromatic rings. The van der Waals surface area contributed by atoms with E-state index in [1.165, 1.54) is 16.7 Å². The third kappa shape index (κ3) is 4.67. The second-order valence-corrected chi connectivity index (χ2v) is 4.92.